The first-order valence-corrected chi connectivity index (χ1v) is 8.24. The van der Waals surface area contributed by atoms with E-state index in [0.717, 1.165) is 16.7 Å². The van der Waals surface area contributed by atoms with Gasteiger partial charge in [0.15, 0.2) is 0 Å². The van der Waals surface area contributed by atoms with E-state index in [9.17, 15) is 13.5 Å². The maximum absolute atomic E-state index is 12.2. The largest absolute Gasteiger partial charge is 0.507 e. The van der Waals surface area contributed by atoms with Crippen molar-refractivity contribution in [3.63, 3.8) is 0 Å². The van der Waals surface area contributed by atoms with E-state index in [1.54, 1.807) is 38.1 Å². The summed E-state index contributed by atoms with van der Waals surface area (Å²) in [6.07, 6.45) is 0. The number of hydrogen-bond donors (Lipinski definition) is 2. The molecule has 22 heavy (non-hydrogen) atoms. The van der Waals surface area contributed by atoms with Gasteiger partial charge in [-0.15, -0.1) is 0 Å². The van der Waals surface area contributed by atoms with Crippen LogP contribution in [0.2, 0.25) is 0 Å². The Hall–Kier alpha value is -2.05. The van der Waals surface area contributed by atoms with Crippen molar-refractivity contribution in [3.8, 4) is 11.5 Å². The van der Waals surface area contributed by atoms with Crippen LogP contribution in [0.4, 0.5) is 0 Å². The average molecular weight is 321 g/mol. The second-order valence-corrected chi connectivity index (χ2v) is 6.85. The Balaban J connectivity index is 2.15. The molecule has 2 rings (SSSR count). The van der Waals surface area contributed by atoms with Gasteiger partial charge in [0.2, 0.25) is 10.0 Å². The van der Waals surface area contributed by atoms with Crippen LogP contribution in [0.1, 0.15) is 16.7 Å². The zero-order chi connectivity index (χ0) is 16.3. The number of benzene rings is 2. The SMILES string of the molecule is COc1ccc(S(=O)(=O)NCc2cc(C)c(O)c(C)c2)cc1. The fourth-order valence-corrected chi connectivity index (χ4v) is 3.18. The monoisotopic (exact) mass is 321 g/mol. The van der Waals surface area contributed by atoms with Gasteiger partial charge in [-0.05, 0) is 54.8 Å². The standard InChI is InChI=1S/C16H19NO4S/c1-11-8-13(9-12(2)16(11)18)10-17-22(19,20)15-6-4-14(21-3)5-7-15/h4-9,17-18H,10H2,1-3H3. The molecule has 5 nitrogen and oxygen atoms in total. The van der Waals surface area contributed by atoms with Crippen molar-refractivity contribution < 1.29 is 18.3 Å². The molecule has 0 aromatic heterocycles. The second kappa shape index (κ2) is 6.37. The third kappa shape index (κ3) is 3.58. The highest BCUT2D eigenvalue weighted by atomic mass is 32.2. The number of rotatable bonds is 5. The Labute approximate surface area is 130 Å². The Morgan fingerprint density at radius 1 is 1.09 bits per heavy atom. The van der Waals surface area contributed by atoms with Gasteiger partial charge in [0.25, 0.3) is 0 Å². The molecule has 2 N–H and O–H groups in total. The number of nitrogens with one attached hydrogen (secondary N) is 1. The summed E-state index contributed by atoms with van der Waals surface area (Å²) in [4.78, 5) is 0.181. The minimum atomic E-state index is -3.59. The molecule has 0 saturated heterocycles. The molecule has 0 bridgehead atoms. The molecule has 0 unspecified atom stereocenters. The predicted molar refractivity (Wildman–Crippen MR) is 84.6 cm³/mol. The van der Waals surface area contributed by atoms with Crippen LogP contribution in [0, 0.1) is 13.8 Å². The molecule has 0 aliphatic heterocycles. The topological polar surface area (TPSA) is 75.6 Å². The summed E-state index contributed by atoms with van der Waals surface area (Å²) in [5.41, 5.74) is 2.24. The fraction of sp³-hybridized carbons (Fsp3) is 0.250. The Kier molecular flexibility index (Phi) is 4.73. The highest BCUT2D eigenvalue weighted by Crippen LogP contribution is 2.23. The van der Waals surface area contributed by atoms with E-state index in [0.29, 0.717) is 5.75 Å². The van der Waals surface area contributed by atoms with Gasteiger partial charge >= 0.3 is 0 Å². The molecule has 0 atom stereocenters. The zero-order valence-electron chi connectivity index (χ0n) is 12.8. The van der Waals surface area contributed by atoms with Gasteiger partial charge in [-0.25, -0.2) is 13.1 Å². The van der Waals surface area contributed by atoms with E-state index < -0.39 is 10.0 Å². The number of hydrogen-bond acceptors (Lipinski definition) is 4. The van der Waals surface area contributed by atoms with Crippen LogP contribution < -0.4 is 9.46 Å². The van der Waals surface area contributed by atoms with E-state index in [1.165, 1.54) is 19.2 Å². The van der Waals surface area contributed by atoms with Gasteiger partial charge in [0.1, 0.15) is 11.5 Å². The number of sulfonamides is 1. The van der Waals surface area contributed by atoms with Crippen molar-refractivity contribution in [2.75, 3.05) is 7.11 Å². The molecule has 0 saturated carbocycles. The number of ether oxygens (including phenoxy) is 1. The molecule has 2 aromatic carbocycles. The lowest BCUT2D eigenvalue weighted by Crippen LogP contribution is -2.23. The van der Waals surface area contributed by atoms with Gasteiger partial charge in [0.05, 0.1) is 12.0 Å². The molecule has 0 aliphatic carbocycles. The maximum atomic E-state index is 12.2. The fourth-order valence-electron chi connectivity index (χ4n) is 2.16. The Bertz CT molecular complexity index is 744. The summed E-state index contributed by atoms with van der Waals surface area (Å²) in [5, 5.41) is 9.74. The first-order valence-electron chi connectivity index (χ1n) is 6.76. The van der Waals surface area contributed by atoms with Crippen molar-refractivity contribution in [2.45, 2.75) is 25.3 Å². The van der Waals surface area contributed by atoms with Gasteiger partial charge in [-0.1, -0.05) is 12.1 Å². The van der Waals surface area contributed by atoms with Gasteiger partial charge in [-0.3, -0.25) is 0 Å². The quantitative estimate of drug-likeness (QED) is 0.887. The van der Waals surface area contributed by atoms with Crippen molar-refractivity contribution in [1.82, 2.24) is 4.72 Å². The summed E-state index contributed by atoms with van der Waals surface area (Å²) < 4.78 is 32.0. The molecule has 0 aliphatic rings. The first-order chi connectivity index (χ1) is 10.3. The summed E-state index contributed by atoms with van der Waals surface area (Å²) in [6, 6.07) is 9.72. The van der Waals surface area contributed by atoms with Crippen molar-refractivity contribution in [1.29, 1.82) is 0 Å². The van der Waals surface area contributed by atoms with Crippen LogP contribution in [0.25, 0.3) is 0 Å². The normalized spacial score (nSPS) is 11.4. The lowest BCUT2D eigenvalue weighted by atomic mass is 10.1. The van der Waals surface area contributed by atoms with Crippen LogP contribution in [0.3, 0.4) is 0 Å². The number of phenolic OH excluding ortho intramolecular Hbond substituents is 1. The highest BCUT2D eigenvalue weighted by Gasteiger charge is 2.14. The summed E-state index contributed by atoms with van der Waals surface area (Å²) in [5.74, 6) is 0.838. The molecule has 0 amide bonds. The van der Waals surface area contributed by atoms with Crippen molar-refractivity contribution >= 4 is 10.0 Å². The van der Waals surface area contributed by atoms with Crippen LogP contribution in [0.15, 0.2) is 41.3 Å². The van der Waals surface area contributed by atoms with E-state index in [4.69, 9.17) is 4.74 Å². The van der Waals surface area contributed by atoms with Gasteiger partial charge in [0, 0.05) is 6.54 Å². The summed E-state index contributed by atoms with van der Waals surface area (Å²) in [7, 11) is -2.06. The van der Waals surface area contributed by atoms with E-state index in [1.807, 2.05) is 0 Å². The van der Waals surface area contributed by atoms with Gasteiger partial charge in [-0.2, -0.15) is 0 Å². The second-order valence-electron chi connectivity index (χ2n) is 5.08. The molecular weight excluding hydrogens is 302 g/mol. The van der Waals surface area contributed by atoms with E-state index in [2.05, 4.69) is 4.72 Å². The van der Waals surface area contributed by atoms with Crippen LogP contribution >= 0.6 is 0 Å². The van der Waals surface area contributed by atoms with Crippen LogP contribution in [-0.4, -0.2) is 20.6 Å². The molecule has 0 radical (unpaired) electrons. The highest BCUT2D eigenvalue weighted by molar-refractivity contribution is 7.89. The minimum absolute atomic E-state index is 0.163. The molecule has 0 fully saturated rings. The third-order valence-corrected chi connectivity index (χ3v) is 4.80. The number of aryl methyl sites for hydroxylation is 2. The molecule has 0 spiro atoms. The van der Waals surface area contributed by atoms with Crippen LogP contribution in [0.5, 0.6) is 11.5 Å². The van der Waals surface area contributed by atoms with Gasteiger partial charge < -0.3 is 9.84 Å². The molecular formula is C16H19NO4S. The molecule has 0 heterocycles. The predicted octanol–water partition coefficient (Wildman–Crippen LogP) is 2.50. The molecule has 2 aromatic rings. The lowest BCUT2D eigenvalue weighted by molar-refractivity contribution is 0.414. The lowest BCUT2D eigenvalue weighted by Gasteiger charge is -2.10. The third-order valence-electron chi connectivity index (χ3n) is 3.39. The number of aromatic hydroxyl groups is 1. The van der Waals surface area contributed by atoms with Crippen LogP contribution in [-0.2, 0) is 16.6 Å². The maximum Gasteiger partial charge on any atom is 0.240 e. The average Bonchev–Trinajstić information content (AvgIpc) is 2.50. The number of methoxy groups -OCH3 is 1. The zero-order valence-corrected chi connectivity index (χ0v) is 13.6. The van der Waals surface area contributed by atoms with Crippen molar-refractivity contribution in [3.05, 3.63) is 53.1 Å². The summed E-state index contributed by atoms with van der Waals surface area (Å²) >= 11 is 0. The Morgan fingerprint density at radius 2 is 1.64 bits per heavy atom. The van der Waals surface area contributed by atoms with E-state index >= 15 is 0 Å². The molecule has 6 heteroatoms. The van der Waals surface area contributed by atoms with E-state index in [-0.39, 0.29) is 17.2 Å². The minimum Gasteiger partial charge on any atom is -0.507 e. The Morgan fingerprint density at radius 3 is 2.14 bits per heavy atom. The smallest absolute Gasteiger partial charge is 0.240 e. The first kappa shape index (κ1) is 16.3. The van der Waals surface area contributed by atoms with Crippen molar-refractivity contribution in [2.24, 2.45) is 0 Å². The summed E-state index contributed by atoms with van der Waals surface area (Å²) in [6.45, 7) is 3.73. The molecule has 118 valence electrons. The number of phenols is 1.